The predicted octanol–water partition coefficient (Wildman–Crippen LogP) is 4.81. The fourth-order valence-electron chi connectivity index (χ4n) is 2.51. The second-order valence-electron chi connectivity index (χ2n) is 5.29. The molecule has 0 saturated heterocycles. The number of hydrogen-bond acceptors (Lipinski definition) is 3. The number of nitrogens with zero attached hydrogens (tertiary/aromatic N) is 1. The van der Waals surface area contributed by atoms with E-state index in [2.05, 4.69) is 5.32 Å². The number of halogens is 1. The van der Waals surface area contributed by atoms with Gasteiger partial charge in [0.25, 0.3) is 5.69 Å². The first-order valence-corrected chi connectivity index (χ1v) is 7.28. The predicted molar refractivity (Wildman–Crippen MR) is 83.6 cm³/mol. The first kappa shape index (κ1) is 13.9. The maximum atomic E-state index is 11.2. The molecule has 2 aromatic carbocycles. The molecular weight excluding hydrogens is 288 g/mol. The molecule has 1 unspecified atom stereocenters. The van der Waals surface area contributed by atoms with Crippen LogP contribution in [0, 0.1) is 16.0 Å². The lowest BCUT2D eigenvalue weighted by Gasteiger charge is -2.20. The maximum Gasteiger partial charge on any atom is 0.292 e. The first-order chi connectivity index (χ1) is 10.1. The van der Waals surface area contributed by atoms with Crippen LogP contribution in [0.15, 0.2) is 48.5 Å². The highest BCUT2D eigenvalue weighted by molar-refractivity contribution is 6.31. The number of anilines is 1. The Kier molecular flexibility index (Phi) is 3.80. The van der Waals surface area contributed by atoms with Gasteiger partial charge in [0.05, 0.1) is 11.0 Å². The standard InChI is InChI=1S/C16H15ClN2O2/c17-13-8-9-15(19(20)21)14(10-13)18-16(12-6-7-12)11-4-2-1-3-5-11/h1-5,8-10,12,16,18H,6-7H2. The molecule has 1 fully saturated rings. The molecule has 1 saturated carbocycles. The van der Waals surface area contributed by atoms with Gasteiger partial charge in [0.15, 0.2) is 0 Å². The van der Waals surface area contributed by atoms with Gasteiger partial charge in [0.2, 0.25) is 0 Å². The van der Waals surface area contributed by atoms with E-state index in [1.165, 1.54) is 6.07 Å². The lowest BCUT2D eigenvalue weighted by Crippen LogP contribution is -2.13. The molecule has 1 aliphatic rings. The Morgan fingerprint density at radius 3 is 2.52 bits per heavy atom. The van der Waals surface area contributed by atoms with Gasteiger partial charge < -0.3 is 5.32 Å². The van der Waals surface area contributed by atoms with Crippen LogP contribution in [0.25, 0.3) is 0 Å². The van der Waals surface area contributed by atoms with Crippen LogP contribution in [-0.4, -0.2) is 4.92 Å². The van der Waals surface area contributed by atoms with E-state index < -0.39 is 0 Å². The minimum absolute atomic E-state index is 0.0565. The van der Waals surface area contributed by atoms with Crippen molar-refractivity contribution in [3.8, 4) is 0 Å². The molecule has 0 radical (unpaired) electrons. The van der Waals surface area contributed by atoms with Crippen LogP contribution in [0.1, 0.15) is 24.4 Å². The largest absolute Gasteiger partial charge is 0.372 e. The first-order valence-electron chi connectivity index (χ1n) is 6.90. The summed E-state index contributed by atoms with van der Waals surface area (Å²) < 4.78 is 0. The summed E-state index contributed by atoms with van der Waals surface area (Å²) in [5.41, 5.74) is 1.68. The van der Waals surface area contributed by atoms with Crippen molar-refractivity contribution in [3.05, 3.63) is 69.2 Å². The Bertz CT molecular complexity index is 657. The Hall–Kier alpha value is -2.07. The number of benzene rings is 2. The third-order valence-corrected chi connectivity index (χ3v) is 3.95. The molecule has 0 aliphatic heterocycles. The lowest BCUT2D eigenvalue weighted by molar-refractivity contribution is -0.384. The number of rotatable bonds is 5. The average Bonchev–Trinajstić information content (AvgIpc) is 3.30. The highest BCUT2D eigenvalue weighted by atomic mass is 35.5. The van der Waals surface area contributed by atoms with Crippen molar-refractivity contribution >= 4 is 23.0 Å². The van der Waals surface area contributed by atoms with E-state index in [9.17, 15) is 10.1 Å². The Morgan fingerprint density at radius 2 is 1.90 bits per heavy atom. The van der Waals surface area contributed by atoms with Crippen LogP contribution in [0.4, 0.5) is 11.4 Å². The van der Waals surface area contributed by atoms with E-state index in [1.54, 1.807) is 12.1 Å². The zero-order valence-corrected chi connectivity index (χ0v) is 12.1. The third kappa shape index (κ3) is 3.16. The maximum absolute atomic E-state index is 11.2. The molecule has 108 valence electrons. The second kappa shape index (κ2) is 5.74. The molecule has 21 heavy (non-hydrogen) atoms. The number of hydrogen-bond donors (Lipinski definition) is 1. The summed E-state index contributed by atoms with van der Waals surface area (Å²) in [6.07, 6.45) is 2.28. The monoisotopic (exact) mass is 302 g/mol. The summed E-state index contributed by atoms with van der Waals surface area (Å²) in [6.45, 7) is 0. The summed E-state index contributed by atoms with van der Waals surface area (Å²) in [5, 5.41) is 15.0. The number of nitro groups is 1. The topological polar surface area (TPSA) is 55.2 Å². The zero-order chi connectivity index (χ0) is 14.8. The normalized spacial score (nSPS) is 15.5. The molecule has 1 aliphatic carbocycles. The van der Waals surface area contributed by atoms with Crippen LogP contribution < -0.4 is 5.32 Å². The zero-order valence-electron chi connectivity index (χ0n) is 11.3. The summed E-state index contributed by atoms with van der Waals surface area (Å²) >= 11 is 5.98. The highest BCUT2D eigenvalue weighted by Crippen LogP contribution is 2.44. The quantitative estimate of drug-likeness (QED) is 0.637. The number of nitrogens with one attached hydrogen (secondary N) is 1. The van der Waals surface area contributed by atoms with Crippen molar-refractivity contribution in [2.75, 3.05) is 5.32 Å². The Balaban J connectivity index is 1.93. The van der Waals surface area contributed by atoms with Crippen molar-refractivity contribution in [2.45, 2.75) is 18.9 Å². The van der Waals surface area contributed by atoms with Gasteiger partial charge in [0, 0.05) is 11.1 Å². The van der Waals surface area contributed by atoms with Gasteiger partial charge in [0.1, 0.15) is 5.69 Å². The van der Waals surface area contributed by atoms with E-state index in [-0.39, 0.29) is 16.7 Å². The van der Waals surface area contributed by atoms with Crippen molar-refractivity contribution in [1.29, 1.82) is 0 Å². The Morgan fingerprint density at radius 1 is 1.19 bits per heavy atom. The van der Waals surface area contributed by atoms with Gasteiger partial charge in [-0.05, 0) is 36.5 Å². The molecule has 1 N–H and O–H groups in total. The van der Waals surface area contributed by atoms with E-state index in [4.69, 9.17) is 11.6 Å². The highest BCUT2D eigenvalue weighted by Gasteiger charge is 2.33. The molecule has 5 heteroatoms. The SMILES string of the molecule is O=[N+]([O-])c1ccc(Cl)cc1NC(c1ccccc1)C1CC1. The van der Waals surface area contributed by atoms with Gasteiger partial charge in [-0.2, -0.15) is 0 Å². The van der Waals surface area contributed by atoms with Crippen molar-refractivity contribution in [2.24, 2.45) is 5.92 Å². The summed E-state index contributed by atoms with van der Waals surface area (Å²) in [5.74, 6) is 0.519. The lowest BCUT2D eigenvalue weighted by atomic mass is 10.0. The molecule has 0 spiro atoms. The van der Waals surface area contributed by atoms with Gasteiger partial charge in [-0.3, -0.25) is 10.1 Å². The van der Waals surface area contributed by atoms with Gasteiger partial charge in [-0.1, -0.05) is 41.9 Å². The second-order valence-corrected chi connectivity index (χ2v) is 5.73. The van der Waals surface area contributed by atoms with Crippen molar-refractivity contribution < 1.29 is 4.92 Å². The third-order valence-electron chi connectivity index (χ3n) is 3.72. The van der Waals surface area contributed by atoms with Crippen LogP contribution >= 0.6 is 11.6 Å². The van der Waals surface area contributed by atoms with Gasteiger partial charge in [-0.15, -0.1) is 0 Å². The van der Waals surface area contributed by atoms with E-state index in [0.717, 1.165) is 18.4 Å². The molecule has 3 rings (SSSR count). The van der Waals surface area contributed by atoms with Crippen LogP contribution in [0.5, 0.6) is 0 Å². The Labute approximate surface area is 127 Å². The van der Waals surface area contributed by atoms with Crippen LogP contribution in [-0.2, 0) is 0 Å². The molecule has 0 bridgehead atoms. The van der Waals surface area contributed by atoms with Crippen LogP contribution in [0.2, 0.25) is 5.02 Å². The van der Waals surface area contributed by atoms with E-state index in [0.29, 0.717) is 16.6 Å². The fourth-order valence-corrected chi connectivity index (χ4v) is 2.69. The summed E-state index contributed by atoms with van der Waals surface area (Å²) in [7, 11) is 0. The molecule has 4 nitrogen and oxygen atoms in total. The summed E-state index contributed by atoms with van der Waals surface area (Å²) in [4.78, 5) is 10.8. The minimum atomic E-state index is -0.381. The van der Waals surface area contributed by atoms with E-state index in [1.807, 2.05) is 30.3 Å². The molecule has 1 atom stereocenters. The number of nitro benzene ring substituents is 1. The minimum Gasteiger partial charge on any atom is -0.372 e. The van der Waals surface area contributed by atoms with Gasteiger partial charge >= 0.3 is 0 Å². The average molecular weight is 303 g/mol. The van der Waals surface area contributed by atoms with Crippen LogP contribution in [0.3, 0.4) is 0 Å². The molecule has 0 aromatic heterocycles. The molecular formula is C16H15ClN2O2. The molecule has 0 heterocycles. The van der Waals surface area contributed by atoms with Crippen molar-refractivity contribution in [3.63, 3.8) is 0 Å². The smallest absolute Gasteiger partial charge is 0.292 e. The fraction of sp³-hybridized carbons (Fsp3) is 0.250. The van der Waals surface area contributed by atoms with E-state index >= 15 is 0 Å². The summed E-state index contributed by atoms with van der Waals surface area (Å²) in [6, 6.07) is 14.7. The molecule has 2 aromatic rings. The van der Waals surface area contributed by atoms with Gasteiger partial charge in [-0.25, -0.2) is 0 Å². The molecule has 0 amide bonds. The van der Waals surface area contributed by atoms with Crippen molar-refractivity contribution in [1.82, 2.24) is 0 Å².